The van der Waals surface area contributed by atoms with E-state index >= 15 is 0 Å². The van der Waals surface area contributed by atoms with E-state index in [2.05, 4.69) is 50.2 Å². The van der Waals surface area contributed by atoms with Gasteiger partial charge in [-0.05, 0) is 80.5 Å². The topological polar surface area (TPSA) is 32.6 Å². The third-order valence-corrected chi connectivity index (χ3v) is 6.83. The van der Waals surface area contributed by atoms with Gasteiger partial charge < -0.3 is 5.11 Å². The van der Waals surface area contributed by atoms with Crippen LogP contribution in [0.3, 0.4) is 0 Å². The molecule has 1 N–H and O–H groups in total. The number of hydrogen-bond donors (Lipinski definition) is 1. The van der Waals surface area contributed by atoms with E-state index in [-0.39, 0.29) is 0 Å². The van der Waals surface area contributed by atoms with Crippen molar-refractivity contribution in [1.82, 2.24) is 0 Å². The van der Waals surface area contributed by atoms with Crippen LogP contribution in [0, 0.1) is 5.92 Å². The zero-order valence-electron chi connectivity index (χ0n) is 17.4. The summed E-state index contributed by atoms with van der Waals surface area (Å²) >= 11 is 0. The molecule has 0 saturated heterocycles. The Hall–Kier alpha value is -2.09. The third kappa shape index (κ3) is 4.16. The van der Waals surface area contributed by atoms with Gasteiger partial charge in [-0.25, -0.2) is 0 Å². The van der Waals surface area contributed by atoms with E-state index in [9.17, 15) is 5.11 Å². The van der Waals surface area contributed by atoms with E-state index in [1.807, 2.05) is 0 Å². The molecule has 28 heavy (non-hydrogen) atoms. The summed E-state index contributed by atoms with van der Waals surface area (Å²) in [6, 6.07) is 13.7. The minimum absolute atomic E-state index is 0.335. The molecule has 0 radical (unpaired) electrons. The van der Waals surface area contributed by atoms with Crippen LogP contribution in [0.5, 0.6) is 5.75 Å². The number of rotatable bonds is 3. The van der Waals surface area contributed by atoms with Gasteiger partial charge in [-0.3, -0.25) is 4.99 Å². The summed E-state index contributed by atoms with van der Waals surface area (Å²) in [5, 5.41) is 11.1. The van der Waals surface area contributed by atoms with Crippen molar-refractivity contribution < 1.29 is 5.11 Å². The van der Waals surface area contributed by atoms with Gasteiger partial charge in [0.15, 0.2) is 0 Å². The maximum Gasteiger partial charge on any atom is 0.128 e. The van der Waals surface area contributed by atoms with Gasteiger partial charge in [0.2, 0.25) is 0 Å². The normalized spacial score (nSPS) is 19.3. The number of phenolic OH excluding ortho intramolecular Hbond substituents is 1. The van der Waals surface area contributed by atoms with Crippen LogP contribution in [0.4, 0.5) is 0 Å². The minimum Gasteiger partial charge on any atom is -0.507 e. The number of aryl methyl sites for hydroxylation is 4. The average Bonchev–Trinajstić information content (AvgIpc) is 2.71. The molecule has 0 amide bonds. The number of aliphatic imine (C=N–C) groups is 1. The van der Waals surface area contributed by atoms with Crippen molar-refractivity contribution >= 4 is 5.71 Å². The van der Waals surface area contributed by atoms with Gasteiger partial charge in [-0.1, -0.05) is 55.7 Å². The maximum atomic E-state index is 11.1. The third-order valence-electron chi connectivity index (χ3n) is 6.83. The van der Waals surface area contributed by atoms with Gasteiger partial charge in [0, 0.05) is 11.3 Å². The average molecular weight is 376 g/mol. The highest BCUT2D eigenvalue weighted by Gasteiger charge is 2.21. The summed E-state index contributed by atoms with van der Waals surface area (Å²) in [6.45, 7) is 4.36. The van der Waals surface area contributed by atoms with Crippen LogP contribution >= 0.6 is 0 Å². The fraction of sp³-hybridized carbons (Fsp3) is 0.500. The first-order valence-electron chi connectivity index (χ1n) is 11.1. The zero-order valence-corrected chi connectivity index (χ0v) is 17.4. The van der Waals surface area contributed by atoms with Gasteiger partial charge >= 0.3 is 0 Å². The van der Waals surface area contributed by atoms with Crippen molar-refractivity contribution in [2.24, 2.45) is 10.9 Å². The molecule has 0 aromatic heterocycles. The first-order valence-corrected chi connectivity index (χ1v) is 11.1. The monoisotopic (exact) mass is 375 g/mol. The highest BCUT2D eigenvalue weighted by atomic mass is 16.3. The fourth-order valence-corrected chi connectivity index (χ4v) is 5.01. The quantitative estimate of drug-likeness (QED) is 0.650. The summed E-state index contributed by atoms with van der Waals surface area (Å²) in [5.41, 5.74) is 6.98. The molecule has 7 rings (SSSR count). The molecule has 1 saturated carbocycles. The number of hydrogen-bond acceptors (Lipinski definition) is 2. The van der Waals surface area contributed by atoms with Crippen LogP contribution in [-0.2, 0) is 25.7 Å². The Balaban J connectivity index is 1.67. The number of phenols is 1. The largest absolute Gasteiger partial charge is 0.507 e. The molecule has 0 aliphatic heterocycles. The lowest BCUT2D eigenvalue weighted by atomic mass is 9.84. The molecule has 5 aliphatic carbocycles. The van der Waals surface area contributed by atoms with Gasteiger partial charge in [-0.2, -0.15) is 0 Å². The molecule has 1 atom stereocenters. The summed E-state index contributed by atoms with van der Waals surface area (Å²) in [7, 11) is 0. The fourth-order valence-electron chi connectivity index (χ4n) is 5.01. The summed E-state index contributed by atoms with van der Waals surface area (Å²) < 4.78 is 0. The van der Waals surface area contributed by atoms with Gasteiger partial charge in [0.25, 0.3) is 0 Å². The van der Waals surface area contributed by atoms with Gasteiger partial charge in [0.1, 0.15) is 5.75 Å². The van der Waals surface area contributed by atoms with Gasteiger partial charge in [-0.15, -0.1) is 0 Å². The maximum absolute atomic E-state index is 11.1. The van der Waals surface area contributed by atoms with Crippen LogP contribution in [0.1, 0.15) is 73.8 Å². The zero-order chi connectivity index (χ0) is 19.5. The van der Waals surface area contributed by atoms with E-state index in [1.54, 1.807) is 0 Å². The Morgan fingerprint density at radius 1 is 0.857 bits per heavy atom. The summed E-state index contributed by atoms with van der Waals surface area (Å²) in [6.07, 6.45) is 10.4. The van der Waals surface area contributed by atoms with Crippen LogP contribution in [0.25, 0.3) is 0 Å². The predicted molar refractivity (Wildman–Crippen MR) is 118 cm³/mol. The Labute approximate surface area is 169 Å². The van der Waals surface area contributed by atoms with Crippen molar-refractivity contribution in [2.45, 2.75) is 77.7 Å². The van der Waals surface area contributed by atoms with Crippen LogP contribution in [-0.4, -0.2) is 16.9 Å². The molecule has 4 bridgehead atoms. The van der Waals surface area contributed by atoms with Crippen molar-refractivity contribution in [2.75, 3.05) is 0 Å². The minimum atomic E-state index is 0.335. The van der Waals surface area contributed by atoms with E-state index in [0.717, 1.165) is 42.5 Å². The molecule has 2 aromatic carbocycles. The lowest BCUT2D eigenvalue weighted by Crippen LogP contribution is -2.20. The Bertz CT molecular complexity index is 843. The Morgan fingerprint density at radius 3 is 2.07 bits per heavy atom. The second kappa shape index (κ2) is 8.51. The lowest BCUT2D eigenvalue weighted by Gasteiger charge is -2.26. The van der Waals surface area contributed by atoms with E-state index in [1.165, 1.54) is 48.8 Å². The first kappa shape index (κ1) is 19.2. The Kier molecular flexibility index (Phi) is 5.85. The van der Waals surface area contributed by atoms with Crippen molar-refractivity contribution in [3.8, 4) is 5.75 Å². The molecule has 148 valence electrons. The second-order valence-electron chi connectivity index (χ2n) is 8.78. The number of aromatic hydroxyl groups is 1. The molecule has 1 fully saturated rings. The van der Waals surface area contributed by atoms with Crippen molar-refractivity contribution in [3.05, 3.63) is 64.2 Å². The van der Waals surface area contributed by atoms with Crippen LogP contribution in [0.15, 0.2) is 41.4 Å². The van der Waals surface area contributed by atoms with E-state index in [4.69, 9.17) is 4.99 Å². The van der Waals surface area contributed by atoms with Crippen molar-refractivity contribution in [1.29, 1.82) is 0 Å². The second-order valence-corrected chi connectivity index (χ2v) is 8.78. The number of benzene rings is 2. The van der Waals surface area contributed by atoms with E-state index in [0.29, 0.717) is 17.7 Å². The number of nitrogens with zero attached hydrogens (tertiary/aromatic N) is 1. The highest BCUT2D eigenvalue weighted by Crippen LogP contribution is 2.32. The molecule has 0 heterocycles. The summed E-state index contributed by atoms with van der Waals surface area (Å²) in [4.78, 5) is 5.10. The smallest absolute Gasteiger partial charge is 0.128 e. The van der Waals surface area contributed by atoms with Gasteiger partial charge in [0.05, 0.1) is 6.04 Å². The molecule has 5 aliphatic rings. The lowest BCUT2D eigenvalue weighted by molar-refractivity contribution is 0.318. The SMILES string of the molecule is CC(=N[C@H](C)C1CCCCC1)c1c2ccc(c1O)CCc1ccc(cc1)CC2. The molecule has 0 unspecified atom stereocenters. The molecule has 2 nitrogen and oxygen atoms in total. The first-order chi connectivity index (χ1) is 13.6. The standard InChI is InChI=1S/C26H33NO/c1-18(22-6-4-3-5-7-22)27-19(2)25-23-14-12-20-8-10-21(11-9-20)13-15-24(17-16-23)26(25)28/h8-11,16-18,22,28H,3-7,12-15H2,1-2H3/t18-/m1/s1. The predicted octanol–water partition coefficient (Wildman–Crippen LogP) is 6.05. The molecule has 2 heteroatoms. The van der Waals surface area contributed by atoms with Crippen LogP contribution < -0.4 is 0 Å². The van der Waals surface area contributed by atoms with E-state index < -0.39 is 0 Å². The Morgan fingerprint density at radius 2 is 1.43 bits per heavy atom. The molecular formula is C26H33NO. The van der Waals surface area contributed by atoms with Crippen molar-refractivity contribution in [3.63, 3.8) is 0 Å². The molecule has 2 aromatic rings. The highest BCUT2D eigenvalue weighted by molar-refractivity contribution is 6.03. The summed E-state index contributed by atoms with van der Waals surface area (Å²) in [5.74, 6) is 1.16. The molecule has 0 spiro atoms. The molecular weight excluding hydrogens is 342 g/mol. The van der Waals surface area contributed by atoms with Crippen LogP contribution in [0.2, 0.25) is 0 Å².